The molecule has 0 aromatic carbocycles. The van der Waals surface area contributed by atoms with Crippen molar-refractivity contribution in [2.75, 3.05) is 32.0 Å². The predicted octanol–water partition coefficient (Wildman–Crippen LogP) is -0.711. The molecular weight excluding hydrogens is 222 g/mol. The smallest absolute Gasteiger partial charge is 0.250 e. The minimum atomic E-state index is -0.111. The average Bonchev–Trinajstić information content (AvgIpc) is 2.32. The summed E-state index contributed by atoms with van der Waals surface area (Å²) >= 11 is 0. The van der Waals surface area contributed by atoms with Gasteiger partial charge in [0.25, 0.3) is 5.56 Å². The fourth-order valence-corrected chi connectivity index (χ4v) is 1.74. The lowest BCUT2D eigenvalue weighted by Gasteiger charge is -2.26. The van der Waals surface area contributed by atoms with Gasteiger partial charge in [-0.3, -0.25) is 9.59 Å². The van der Waals surface area contributed by atoms with E-state index in [4.69, 9.17) is 10.5 Å². The summed E-state index contributed by atoms with van der Waals surface area (Å²) < 4.78 is 6.54. The summed E-state index contributed by atoms with van der Waals surface area (Å²) in [6.07, 6.45) is 1.59. The Bertz CT molecular complexity index is 469. The first-order valence-electron chi connectivity index (χ1n) is 5.48. The van der Waals surface area contributed by atoms with Crippen LogP contribution < -0.4 is 11.3 Å². The second kappa shape index (κ2) is 5.01. The second-order valence-electron chi connectivity index (χ2n) is 3.93. The molecule has 1 aromatic heterocycles. The van der Waals surface area contributed by atoms with Crippen LogP contribution in [0.4, 0.5) is 5.69 Å². The molecule has 2 N–H and O–H groups in total. The summed E-state index contributed by atoms with van der Waals surface area (Å²) in [6.45, 7) is 2.22. The number of carbonyl (C=O) groups is 1. The molecule has 0 saturated carbocycles. The Hall–Kier alpha value is -1.82. The van der Waals surface area contributed by atoms with Gasteiger partial charge in [0.05, 0.1) is 6.61 Å². The fraction of sp³-hybridized carbons (Fsp3) is 0.455. The molecule has 0 bridgehead atoms. The highest BCUT2D eigenvalue weighted by Crippen LogP contribution is 2.00. The molecule has 0 aliphatic carbocycles. The lowest BCUT2D eigenvalue weighted by atomic mass is 10.3. The number of nitrogen functional groups attached to an aromatic ring is 1. The third-order valence-corrected chi connectivity index (χ3v) is 2.70. The van der Waals surface area contributed by atoms with Crippen molar-refractivity contribution in [1.82, 2.24) is 9.47 Å². The molecule has 0 spiro atoms. The Morgan fingerprint density at radius 2 is 2.12 bits per heavy atom. The number of pyridine rings is 1. The number of amides is 1. The Morgan fingerprint density at radius 3 is 2.88 bits per heavy atom. The number of morpholine rings is 1. The Morgan fingerprint density at radius 1 is 1.29 bits per heavy atom. The molecule has 2 heterocycles. The van der Waals surface area contributed by atoms with Crippen LogP contribution in [0.1, 0.15) is 0 Å². The van der Waals surface area contributed by atoms with Crippen LogP contribution in [0, 0.1) is 0 Å². The molecule has 92 valence electrons. The first kappa shape index (κ1) is 11.7. The molecule has 6 heteroatoms. The minimum absolute atomic E-state index is 0.0341. The van der Waals surface area contributed by atoms with E-state index in [-0.39, 0.29) is 18.1 Å². The van der Waals surface area contributed by atoms with Crippen molar-refractivity contribution in [3.05, 3.63) is 28.7 Å². The van der Waals surface area contributed by atoms with Gasteiger partial charge in [0.15, 0.2) is 0 Å². The third-order valence-electron chi connectivity index (χ3n) is 2.70. The maximum atomic E-state index is 11.5. The number of nitrogens with two attached hydrogens (primary N) is 1. The van der Waals surface area contributed by atoms with E-state index in [1.807, 2.05) is 0 Å². The number of rotatable bonds is 3. The van der Waals surface area contributed by atoms with Crippen LogP contribution in [0.2, 0.25) is 0 Å². The first-order valence-corrected chi connectivity index (χ1v) is 5.48. The molecule has 1 aliphatic heterocycles. The molecule has 0 unspecified atom stereocenters. The molecule has 1 amide bonds. The van der Waals surface area contributed by atoms with E-state index in [1.54, 1.807) is 17.2 Å². The number of anilines is 1. The minimum Gasteiger partial charge on any atom is -0.398 e. The SMILES string of the molecule is Nc1ccc(=O)n(CCN2CCOCC2=O)c1. The van der Waals surface area contributed by atoms with Crippen LogP contribution in [0.25, 0.3) is 0 Å². The zero-order valence-corrected chi connectivity index (χ0v) is 9.46. The normalized spacial score (nSPS) is 16.2. The number of hydrogen-bond acceptors (Lipinski definition) is 4. The molecular formula is C11H15N3O3. The van der Waals surface area contributed by atoms with Crippen LogP contribution in [0.15, 0.2) is 23.1 Å². The highest BCUT2D eigenvalue weighted by molar-refractivity contribution is 5.77. The maximum Gasteiger partial charge on any atom is 0.250 e. The maximum absolute atomic E-state index is 11.5. The highest BCUT2D eigenvalue weighted by Gasteiger charge is 2.17. The van der Waals surface area contributed by atoms with Crippen LogP contribution in [-0.2, 0) is 16.1 Å². The van der Waals surface area contributed by atoms with Gasteiger partial charge in [-0.1, -0.05) is 0 Å². The molecule has 0 radical (unpaired) electrons. The quantitative estimate of drug-likeness (QED) is 0.753. The molecule has 1 aliphatic rings. The molecule has 2 rings (SSSR count). The van der Waals surface area contributed by atoms with Crippen molar-refractivity contribution in [3.8, 4) is 0 Å². The number of aromatic nitrogens is 1. The van der Waals surface area contributed by atoms with Gasteiger partial charge >= 0.3 is 0 Å². The molecule has 1 fully saturated rings. The van der Waals surface area contributed by atoms with Crippen molar-refractivity contribution in [2.24, 2.45) is 0 Å². The Kier molecular flexibility index (Phi) is 3.43. The van der Waals surface area contributed by atoms with E-state index >= 15 is 0 Å². The van der Waals surface area contributed by atoms with Gasteiger partial charge in [0.2, 0.25) is 5.91 Å². The summed E-state index contributed by atoms with van der Waals surface area (Å²) in [5.74, 6) is -0.0341. The van der Waals surface area contributed by atoms with Gasteiger partial charge in [0, 0.05) is 37.6 Å². The summed E-state index contributed by atoms with van der Waals surface area (Å²) in [5.41, 5.74) is 6.03. The van der Waals surface area contributed by atoms with Gasteiger partial charge in [0.1, 0.15) is 6.61 Å². The van der Waals surface area contributed by atoms with Gasteiger partial charge < -0.3 is 19.9 Å². The van der Waals surface area contributed by atoms with Gasteiger partial charge in [-0.25, -0.2) is 0 Å². The van der Waals surface area contributed by atoms with Crippen LogP contribution >= 0.6 is 0 Å². The first-order chi connectivity index (χ1) is 8.16. The summed E-state index contributed by atoms with van der Waals surface area (Å²) in [5, 5.41) is 0. The zero-order valence-electron chi connectivity index (χ0n) is 9.46. The third kappa shape index (κ3) is 2.85. The predicted molar refractivity (Wildman–Crippen MR) is 62.5 cm³/mol. The van der Waals surface area contributed by atoms with E-state index in [0.717, 1.165) is 0 Å². The van der Waals surface area contributed by atoms with Crippen molar-refractivity contribution in [3.63, 3.8) is 0 Å². The number of ether oxygens (including phenoxy) is 1. The van der Waals surface area contributed by atoms with Gasteiger partial charge in [-0.15, -0.1) is 0 Å². The summed E-state index contributed by atoms with van der Waals surface area (Å²) in [6, 6.07) is 3.00. The van der Waals surface area contributed by atoms with E-state index in [0.29, 0.717) is 31.9 Å². The lowest BCUT2D eigenvalue weighted by Crippen LogP contribution is -2.43. The number of hydrogen-bond donors (Lipinski definition) is 1. The lowest BCUT2D eigenvalue weighted by molar-refractivity contribution is -0.142. The zero-order chi connectivity index (χ0) is 12.3. The summed E-state index contributed by atoms with van der Waals surface area (Å²) in [7, 11) is 0. The van der Waals surface area contributed by atoms with E-state index in [1.165, 1.54) is 10.6 Å². The van der Waals surface area contributed by atoms with Crippen molar-refractivity contribution < 1.29 is 9.53 Å². The average molecular weight is 237 g/mol. The number of nitrogens with zero attached hydrogens (tertiary/aromatic N) is 2. The largest absolute Gasteiger partial charge is 0.398 e. The Balaban J connectivity index is 1.99. The second-order valence-corrected chi connectivity index (χ2v) is 3.93. The van der Waals surface area contributed by atoms with E-state index in [9.17, 15) is 9.59 Å². The highest BCUT2D eigenvalue weighted by atomic mass is 16.5. The van der Waals surface area contributed by atoms with E-state index < -0.39 is 0 Å². The van der Waals surface area contributed by atoms with E-state index in [2.05, 4.69) is 0 Å². The standard InChI is InChI=1S/C11H15N3O3/c12-9-1-2-10(15)14(7-9)4-3-13-5-6-17-8-11(13)16/h1-2,7H,3-6,8,12H2. The van der Waals surface area contributed by atoms with Gasteiger partial charge in [-0.2, -0.15) is 0 Å². The number of carbonyl (C=O) groups excluding carboxylic acids is 1. The van der Waals surface area contributed by atoms with Crippen LogP contribution in [-0.4, -0.2) is 41.7 Å². The molecule has 6 nitrogen and oxygen atoms in total. The topological polar surface area (TPSA) is 77.6 Å². The molecule has 1 aromatic rings. The molecule has 1 saturated heterocycles. The van der Waals surface area contributed by atoms with Crippen molar-refractivity contribution in [1.29, 1.82) is 0 Å². The Labute approximate surface area is 98.6 Å². The molecule has 0 atom stereocenters. The van der Waals surface area contributed by atoms with Crippen LogP contribution in [0.3, 0.4) is 0 Å². The monoisotopic (exact) mass is 237 g/mol. The van der Waals surface area contributed by atoms with Gasteiger partial charge in [-0.05, 0) is 6.07 Å². The van der Waals surface area contributed by atoms with Crippen molar-refractivity contribution in [2.45, 2.75) is 6.54 Å². The van der Waals surface area contributed by atoms with Crippen LogP contribution in [0.5, 0.6) is 0 Å². The molecule has 17 heavy (non-hydrogen) atoms. The fourth-order valence-electron chi connectivity index (χ4n) is 1.74. The van der Waals surface area contributed by atoms with Crippen molar-refractivity contribution >= 4 is 11.6 Å². The summed E-state index contributed by atoms with van der Waals surface area (Å²) in [4.78, 5) is 24.7.